The second-order valence-corrected chi connectivity index (χ2v) is 6.63. The molecule has 0 aliphatic carbocycles. The lowest BCUT2D eigenvalue weighted by molar-refractivity contribution is 0.102. The van der Waals surface area contributed by atoms with Gasteiger partial charge < -0.3 is 10.1 Å². The fourth-order valence-electron chi connectivity index (χ4n) is 3.37. The third kappa shape index (κ3) is 3.93. The van der Waals surface area contributed by atoms with E-state index in [-0.39, 0.29) is 24.0 Å². The van der Waals surface area contributed by atoms with Crippen molar-refractivity contribution in [2.24, 2.45) is 7.05 Å². The fourth-order valence-corrected chi connectivity index (χ4v) is 3.37. The van der Waals surface area contributed by atoms with Gasteiger partial charge in [0.1, 0.15) is 5.69 Å². The van der Waals surface area contributed by atoms with Gasteiger partial charge in [0.15, 0.2) is 5.82 Å². The standard InChI is InChI=1S/C19H22N6O2.ClH/c1-25-19(22-16(24-25)12-7-9-20-10-8-12)23-17(26)15-11-13-5-3-4-6-14(13)18(21-15)27-2;/h3-6,11-12,20H,7-10H2,1-2H3,(H,22,23,24,26);1H. The Morgan fingerprint density at radius 2 is 2.00 bits per heavy atom. The number of nitrogens with zero attached hydrogens (tertiary/aromatic N) is 4. The molecule has 2 N–H and O–H groups in total. The maximum Gasteiger partial charge on any atom is 0.276 e. The van der Waals surface area contributed by atoms with Gasteiger partial charge in [-0.25, -0.2) is 9.67 Å². The molecule has 4 rings (SSSR count). The van der Waals surface area contributed by atoms with Gasteiger partial charge in [0.25, 0.3) is 5.91 Å². The second kappa shape index (κ2) is 8.53. The molecule has 9 heteroatoms. The molecule has 8 nitrogen and oxygen atoms in total. The van der Waals surface area contributed by atoms with Crippen LogP contribution in [0.5, 0.6) is 5.88 Å². The number of amides is 1. The molecule has 3 aromatic rings. The molecule has 0 radical (unpaired) electrons. The number of methoxy groups -OCH3 is 1. The Labute approximate surface area is 169 Å². The van der Waals surface area contributed by atoms with Crippen molar-refractivity contribution in [1.82, 2.24) is 25.1 Å². The van der Waals surface area contributed by atoms with Crippen LogP contribution >= 0.6 is 12.4 Å². The van der Waals surface area contributed by atoms with Gasteiger partial charge >= 0.3 is 0 Å². The normalized spacial score (nSPS) is 14.5. The number of anilines is 1. The molecule has 28 heavy (non-hydrogen) atoms. The van der Waals surface area contributed by atoms with Gasteiger partial charge in [0.2, 0.25) is 11.8 Å². The van der Waals surface area contributed by atoms with E-state index in [0.29, 0.717) is 17.7 Å². The number of nitrogens with one attached hydrogen (secondary N) is 2. The molecule has 3 heterocycles. The summed E-state index contributed by atoms with van der Waals surface area (Å²) < 4.78 is 6.95. The quantitative estimate of drug-likeness (QED) is 0.696. The van der Waals surface area contributed by atoms with Gasteiger partial charge in [-0.05, 0) is 43.5 Å². The Kier molecular flexibility index (Phi) is 6.11. The van der Waals surface area contributed by atoms with Crippen molar-refractivity contribution in [3.8, 4) is 5.88 Å². The highest BCUT2D eigenvalue weighted by Gasteiger charge is 2.22. The number of halogens is 1. The summed E-state index contributed by atoms with van der Waals surface area (Å²) in [5.41, 5.74) is 0.275. The number of piperidine rings is 1. The lowest BCUT2D eigenvalue weighted by Crippen LogP contribution is -2.27. The first kappa shape index (κ1) is 20.0. The number of hydrogen-bond acceptors (Lipinski definition) is 6. The van der Waals surface area contributed by atoms with Crippen LogP contribution in [0.15, 0.2) is 30.3 Å². The molecule has 148 valence electrons. The first-order valence-corrected chi connectivity index (χ1v) is 9.02. The smallest absolute Gasteiger partial charge is 0.276 e. The van der Waals surface area contributed by atoms with Crippen molar-refractivity contribution >= 4 is 35.0 Å². The largest absolute Gasteiger partial charge is 0.481 e. The highest BCUT2D eigenvalue weighted by molar-refractivity contribution is 6.04. The van der Waals surface area contributed by atoms with Crippen LogP contribution in [0.2, 0.25) is 0 Å². The third-order valence-electron chi connectivity index (χ3n) is 4.84. The summed E-state index contributed by atoms with van der Waals surface area (Å²) >= 11 is 0. The molecule has 1 amide bonds. The van der Waals surface area contributed by atoms with E-state index in [9.17, 15) is 4.79 Å². The number of rotatable bonds is 4. The number of fused-ring (bicyclic) bond motifs is 1. The van der Waals surface area contributed by atoms with Gasteiger partial charge in [-0.1, -0.05) is 18.2 Å². The maximum atomic E-state index is 12.7. The first-order chi connectivity index (χ1) is 13.2. The second-order valence-electron chi connectivity index (χ2n) is 6.63. The van der Waals surface area contributed by atoms with Crippen LogP contribution < -0.4 is 15.4 Å². The molecule has 0 unspecified atom stereocenters. The summed E-state index contributed by atoms with van der Waals surface area (Å²) in [4.78, 5) is 21.6. The fraction of sp³-hybridized carbons (Fsp3) is 0.368. The van der Waals surface area contributed by atoms with Crippen LogP contribution in [0, 0.1) is 0 Å². The van der Waals surface area contributed by atoms with E-state index in [1.54, 1.807) is 24.9 Å². The zero-order valence-corrected chi connectivity index (χ0v) is 16.6. The van der Waals surface area contributed by atoms with Gasteiger partial charge in [-0.2, -0.15) is 10.1 Å². The summed E-state index contributed by atoms with van der Waals surface area (Å²) in [6.07, 6.45) is 2.00. The number of hydrogen-bond donors (Lipinski definition) is 2. The van der Waals surface area contributed by atoms with Crippen molar-refractivity contribution in [2.45, 2.75) is 18.8 Å². The summed E-state index contributed by atoms with van der Waals surface area (Å²) in [6.45, 7) is 1.93. The summed E-state index contributed by atoms with van der Waals surface area (Å²) in [5.74, 6) is 1.60. The lowest BCUT2D eigenvalue weighted by atomic mass is 9.98. The molecule has 1 aromatic carbocycles. The molecule has 1 fully saturated rings. The van der Waals surface area contributed by atoms with Gasteiger partial charge in [0, 0.05) is 18.4 Å². The number of pyridine rings is 1. The van der Waals surface area contributed by atoms with E-state index in [1.807, 2.05) is 24.3 Å². The number of benzene rings is 1. The van der Waals surface area contributed by atoms with Crippen LogP contribution in [-0.4, -0.2) is 45.9 Å². The predicted octanol–water partition coefficient (Wildman–Crippen LogP) is 2.51. The van der Waals surface area contributed by atoms with Crippen molar-refractivity contribution in [3.05, 3.63) is 41.9 Å². The van der Waals surface area contributed by atoms with E-state index in [0.717, 1.165) is 42.5 Å². The molecule has 2 aromatic heterocycles. The monoisotopic (exact) mass is 402 g/mol. The number of aromatic nitrogens is 4. The van der Waals surface area contributed by atoms with E-state index < -0.39 is 0 Å². The van der Waals surface area contributed by atoms with Crippen molar-refractivity contribution in [3.63, 3.8) is 0 Å². The number of carbonyl (C=O) groups excluding carboxylic acids is 1. The van der Waals surface area contributed by atoms with Crippen molar-refractivity contribution in [1.29, 1.82) is 0 Å². The van der Waals surface area contributed by atoms with E-state index in [4.69, 9.17) is 4.74 Å². The molecular weight excluding hydrogens is 380 g/mol. The van der Waals surface area contributed by atoms with Crippen LogP contribution in [0.25, 0.3) is 10.8 Å². The van der Waals surface area contributed by atoms with Crippen molar-refractivity contribution in [2.75, 3.05) is 25.5 Å². The van der Waals surface area contributed by atoms with Crippen molar-refractivity contribution < 1.29 is 9.53 Å². The molecule has 0 bridgehead atoms. The Morgan fingerprint density at radius 1 is 1.25 bits per heavy atom. The van der Waals surface area contributed by atoms with E-state index >= 15 is 0 Å². The Bertz CT molecular complexity index is 984. The molecule has 1 aliphatic heterocycles. The summed E-state index contributed by atoms with van der Waals surface area (Å²) in [5, 5.41) is 12.4. The predicted molar refractivity (Wildman–Crippen MR) is 109 cm³/mol. The minimum Gasteiger partial charge on any atom is -0.481 e. The number of carbonyl (C=O) groups is 1. The van der Waals surface area contributed by atoms with Gasteiger partial charge in [0.05, 0.1) is 7.11 Å². The van der Waals surface area contributed by atoms with E-state index in [2.05, 4.69) is 25.7 Å². The molecule has 1 aliphatic rings. The minimum atomic E-state index is -0.341. The maximum absolute atomic E-state index is 12.7. The van der Waals surface area contributed by atoms with Gasteiger partial charge in [-0.15, -0.1) is 12.4 Å². The molecular formula is C19H23ClN6O2. The highest BCUT2D eigenvalue weighted by Crippen LogP contribution is 2.25. The minimum absolute atomic E-state index is 0. The third-order valence-corrected chi connectivity index (χ3v) is 4.84. The van der Waals surface area contributed by atoms with Crippen LogP contribution in [0.1, 0.15) is 35.1 Å². The highest BCUT2D eigenvalue weighted by atomic mass is 35.5. The summed E-state index contributed by atoms with van der Waals surface area (Å²) in [7, 11) is 3.33. The topological polar surface area (TPSA) is 94.0 Å². The van der Waals surface area contributed by atoms with Crippen LogP contribution in [-0.2, 0) is 7.05 Å². The van der Waals surface area contributed by atoms with Crippen LogP contribution in [0.4, 0.5) is 5.95 Å². The van der Waals surface area contributed by atoms with Gasteiger partial charge in [-0.3, -0.25) is 10.1 Å². The lowest BCUT2D eigenvalue weighted by Gasteiger charge is -2.19. The Morgan fingerprint density at radius 3 is 2.75 bits per heavy atom. The zero-order valence-electron chi connectivity index (χ0n) is 15.8. The van der Waals surface area contributed by atoms with E-state index in [1.165, 1.54) is 0 Å². The zero-order chi connectivity index (χ0) is 18.8. The first-order valence-electron chi connectivity index (χ1n) is 9.02. The number of ether oxygens (including phenoxy) is 1. The molecule has 0 saturated carbocycles. The molecule has 0 atom stereocenters. The Hall–Kier alpha value is -2.71. The average molecular weight is 403 g/mol. The number of aryl methyl sites for hydroxylation is 1. The SMILES string of the molecule is COc1nc(C(=O)Nc2nc(C3CCNCC3)nn2C)cc2ccccc12.Cl. The molecule has 0 spiro atoms. The van der Waals surface area contributed by atoms with Crippen LogP contribution in [0.3, 0.4) is 0 Å². The summed E-state index contributed by atoms with van der Waals surface area (Å²) in [6, 6.07) is 9.41. The average Bonchev–Trinajstić information content (AvgIpc) is 3.08. The Balaban J connectivity index is 0.00000225. The molecule has 1 saturated heterocycles.